The molecule has 0 aromatic heterocycles. The Labute approximate surface area is 171 Å². The topological polar surface area (TPSA) is 13.0 Å². The molecule has 0 aromatic rings. The van der Waals surface area contributed by atoms with E-state index in [1.54, 1.807) is 0 Å². The van der Waals surface area contributed by atoms with Gasteiger partial charge in [-0.25, -0.2) is 0 Å². The molecule has 1 aliphatic carbocycles. The molecule has 0 saturated carbocycles. The van der Waals surface area contributed by atoms with E-state index in [-0.39, 0.29) is 0 Å². The van der Waals surface area contributed by atoms with Gasteiger partial charge in [-0.1, -0.05) is 32.9 Å². The summed E-state index contributed by atoms with van der Waals surface area (Å²) < 4.78 is 10.9. The Hall–Kier alpha value is 0.0100. The van der Waals surface area contributed by atoms with Crippen molar-refractivity contribution in [2.45, 2.75) is 72.1 Å². The van der Waals surface area contributed by atoms with Crippen molar-refractivity contribution >= 4 is 7.87 Å². The highest BCUT2D eigenvalue weighted by molar-refractivity contribution is 7.66. The molecule has 0 fully saturated rings. The maximum atomic E-state index is 2.77. The van der Waals surface area contributed by atoms with Gasteiger partial charge in [-0.05, 0) is 57.3 Å². The number of nitrogens with zero attached hydrogens (tertiary/aromatic N) is 4. The van der Waals surface area contributed by atoms with Gasteiger partial charge >= 0.3 is 7.87 Å². The number of hydrogen-bond acceptors (Lipinski definition) is 4. The van der Waals surface area contributed by atoms with Crippen LogP contribution in [0.3, 0.4) is 0 Å². The highest BCUT2D eigenvalue weighted by atomic mass is 31.2. The van der Waals surface area contributed by atoms with Crippen LogP contribution in [0.2, 0.25) is 0 Å². The van der Waals surface area contributed by atoms with E-state index in [2.05, 4.69) is 79.8 Å². The second kappa shape index (κ2) is 13.3. The molecule has 0 aliphatic heterocycles. The summed E-state index contributed by atoms with van der Waals surface area (Å²) in [7, 11) is 7.83. The lowest BCUT2D eigenvalue weighted by molar-refractivity contribution is 0.267. The molecule has 0 saturated heterocycles. The minimum Gasteiger partial charge on any atom is -0.136 e. The molecule has 0 radical (unpaired) electrons. The average molecular weight is 400 g/mol. The largest absolute Gasteiger partial charge is 0.307 e. The third kappa shape index (κ3) is 6.78. The molecule has 160 valence electrons. The van der Waals surface area contributed by atoms with Crippen LogP contribution in [0, 0.1) is 5.92 Å². The van der Waals surface area contributed by atoms with Crippen LogP contribution in [0.1, 0.15) is 72.1 Å². The van der Waals surface area contributed by atoms with E-state index in [4.69, 9.17) is 0 Å². The Morgan fingerprint density at radius 1 is 0.704 bits per heavy atom. The Kier molecular flexibility index (Phi) is 12.3. The summed E-state index contributed by atoms with van der Waals surface area (Å²) >= 11 is 0. The van der Waals surface area contributed by atoms with Gasteiger partial charge in [0.15, 0.2) is 0 Å². The summed E-state index contributed by atoms with van der Waals surface area (Å²) in [5.74, 6) is 0.819. The van der Waals surface area contributed by atoms with Crippen LogP contribution in [0.15, 0.2) is 12.2 Å². The first-order chi connectivity index (χ1) is 12.9. The SMILES string of the molecule is CCCN(C)[P+](N(C)CCC)(N(C)CCC)N(C)CC1CC/C=C\CCC1. The third-order valence-electron chi connectivity index (χ3n) is 5.89. The predicted molar refractivity (Wildman–Crippen MR) is 124 cm³/mol. The quantitative estimate of drug-likeness (QED) is 0.306. The normalized spacial score (nSPS) is 20.5. The molecule has 5 heteroatoms. The van der Waals surface area contributed by atoms with E-state index in [9.17, 15) is 0 Å². The molecule has 1 rings (SSSR count). The first-order valence-electron chi connectivity index (χ1n) is 11.3. The summed E-state index contributed by atoms with van der Waals surface area (Å²) in [5.41, 5.74) is 0. The lowest BCUT2D eigenvalue weighted by atomic mass is 9.94. The molecule has 1 unspecified atom stereocenters. The Morgan fingerprint density at radius 2 is 1.19 bits per heavy atom. The highest BCUT2D eigenvalue weighted by Crippen LogP contribution is 2.68. The molecular formula is C22H48N4P+. The van der Waals surface area contributed by atoms with Crippen LogP contribution in [0.5, 0.6) is 0 Å². The summed E-state index contributed by atoms with van der Waals surface area (Å²) in [6.45, 7) is 11.6. The minimum absolute atomic E-state index is 0.819. The number of rotatable bonds is 12. The third-order valence-corrected chi connectivity index (χ3v) is 10.3. The molecule has 0 aromatic carbocycles. The summed E-state index contributed by atoms with van der Waals surface area (Å²) in [4.78, 5) is 0. The van der Waals surface area contributed by atoms with Crippen LogP contribution in [0.25, 0.3) is 0 Å². The van der Waals surface area contributed by atoms with Crippen LogP contribution >= 0.6 is 7.87 Å². The van der Waals surface area contributed by atoms with Crippen molar-refractivity contribution in [1.82, 2.24) is 18.7 Å². The first-order valence-corrected chi connectivity index (χ1v) is 12.9. The fourth-order valence-electron chi connectivity index (χ4n) is 4.84. The standard InChI is InChI=1S/C22H48N4P/c1-8-18-23(4)27(24(5)19-9-2,25(6)20-10-3)26(7)21-22-16-14-12-11-13-15-17-22/h11-12,22H,8-10,13-21H2,1-7H3/q+1/b12-11-. The van der Waals surface area contributed by atoms with Gasteiger partial charge in [-0.2, -0.15) is 0 Å². The Balaban J connectivity index is 3.15. The lowest BCUT2D eigenvalue weighted by Crippen LogP contribution is -2.50. The molecule has 0 amide bonds. The molecule has 4 nitrogen and oxygen atoms in total. The molecule has 0 heterocycles. The van der Waals surface area contributed by atoms with Crippen molar-refractivity contribution < 1.29 is 0 Å². The second-order valence-electron chi connectivity index (χ2n) is 8.37. The van der Waals surface area contributed by atoms with Gasteiger partial charge in [-0.3, -0.25) is 0 Å². The van der Waals surface area contributed by atoms with Gasteiger partial charge in [0.2, 0.25) is 0 Å². The maximum absolute atomic E-state index is 2.77. The van der Waals surface area contributed by atoms with Gasteiger partial charge in [0.1, 0.15) is 0 Å². The van der Waals surface area contributed by atoms with Gasteiger partial charge in [0, 0.05) is 54.4 Å². The summed E-state index contributed by atoms with van der Waals surface area (Å²) in [6.07, 6.45) is 15.0. The summed E-state index contributed by atoms with van der Waals surface area (Å²) in [5, 5.41) is 0. The zero-order valence-electron chi connectivity index (χ0n) is 19.5. The fraction of sp³-hybridized carbons (Fsp3) is 0.909. The molecule has 1 aliphatic rings. The van der Waals surface area contributed by atoms with Crippen molar-refractivity contribution in [3.05, 3.63) is 12.2 Å². The molecule has 27 heavy (non-hydrogen) atoms. The predicted octanol–water partition coefficient (Wildman–Crippen LogP) is 5.76. The van der Waals surface area contributed by atoms with Gasteiger partial charge in [0.05, 0.1) is 0 Å². The van der Waals surface area contributed by atoms with Gasteiger partial charge in [-0.15, -0.1) is 18.7 Å². The van der Waals surface area contributed by atoms with E-state index >= 15 is 0 Å². The number of allylic oxidation sites excluding steroid dienone is 2. The molecule has 0 bridgehead atoms. The monoisotopic (exact) mass is 399 g/mol. The molecule has 0 N–H and O–H groups in total. The Morgan fingerprint density at radius 3 is 1.67 bits per heavy atom. The number of hydrogen-bond donors (Lipinski definition) is 0. The van der Waals surface area contributed by atoms with Crippen molar-refractivity contribution in [1.29, 1.82) is 0 Å². The van der Waals surface area contributed by atoms with Crippen LogP contribution in [-0.4, -0.2) is 73.1 Å². The Bertz CT molecular complexity index is 384. The van der Waals surface area contributed by atoms with E-state index in [0.717, 1.165) is 25.6 Å². The second-order valence-corrected chi connectivity index (χ2v) is 12.2. The fourth-order valence-corrected chi connectivity index (χ4v) is 9.82. The first kappa shape index (κ1) is 25.0. The van der Waals surface area contributed by atoms with Gasteiger partial charge < -0.3 is 0 Å². The lowest BCUT2D eigenvalue weighted by Gasteiger charge is -2.48. The molecular weight excluding hydrogens is 351 g/mol. The molecule has 0 spiro atoms. The summed E-state index contributed by atoms with van der Waals surface area (Å²) in [6, 6.07) is 0. The van der Waals surface area contributed by atoms with E-state index in [1.165, 1.54) is 57.9 Å². The van der Waals surface area contributed by atoms with Crippen molar-refractivity contribution in [3.63, 3.8) is 0 Å². The smallest absolute Gasteiger partial charge is 0.136 e. The van der Waals surface area contributed by atoms with E-state index in [0.29, 0.717) is 0 Å². The van der Waals surface area contributed by atoms with Gasteiger partial charge in [0.25, 0.3) is 0 Å². The van der Waals surface area contributed by atoms with Crippen LogP contribution in [-0.2, 0) is 0 Å². The highest BCUT2D eigenvalue weighted by Gasteiger charge is 2.56. The zero-order chi connectivity index (χ0) is 20.3. The average Bonchev–Trinajstić information content (AvgIpc) is 2.58. The molecule has 1 atom stereocenters. The minimum atomic E-state index is -1.69. The van der Waals surface area contributed by atoms with Crippen molar-refractivity contribution in [2.24, 2.45) is 5.92 Å². The van der Waals surface area contributed by atoms with Crippen LogP contribution in [0.4, 0.5) is 0 Å². The van der Waals surface area contributed by atoms with Crippen LogP contribution < -0.4 is 0 Å². The van der Waals surface area contributed by atoms with Crippen molar-refractivity contribution in [3.8, 4) is 0 Å². The van der Waals surface area contributed by atoms with Crippen molar-refractivity contribution in [2.75, 3.05) is 54.4 Å². The maximum Gasteiger partial charge on any atom is 0.307 e. The van der Waals surface area contributed by atoms with E-state index in [1.807, 2.05) is 0 Å². The van der Waals surface area contributed by atoms with E-state index < -0.39 is 7.87 Å². The zero-order valence-corrected chi connectivity index (χ0v) is 20.3.